The summed E-state index contributed by atoms with van der Waals surface area (Å²) < 4.78 is 13.9. The Bertz CT molecular complexity index is 1170. The maximum Gasteiger partial charge on any atom is 0.247 e. The summed E-state index contributed by atoms with van der Waals surface area (Å²) in [6.07, 6.45) is 1.00. The first-order chi connectivity index (χ1) is 16.0. The van der Waals surface area contributed by atoms with Gasteiger partial charge in [-0.2, -0.15) is 0 Å². The quantitative estimate of drug-likeness (QED) is 0.253. The van der Waals surface area contributed by atoms with E-state index < -0.39 is 0 Å². The van der Waals surface area contributed by atoms with Crippen LogP contribution >= 0.6 is 23.4 Å². The van der Waals surface area contributed by atoms with E-state index >= 15 is 0 Å². The van der Waals surface area contributed by atoms with E-state index in [9.17, 15) is 0 Å². The molecule has 0 saturated carbocycles. The Morgan fingerprint density at radius 2 is 1.76 bits per heavy atom. The topological polar surface area (TPSA) is 78.9 Å². The number of aryl methyl sites for hydroxylation is 1. The lowest BCUT2D eigenvalue weighted by atomic mass is 10.2. The molecule has 0 unspecified atom stereocenters. The maximum absolute atomic E-state index is 5.97. The van der Waals surface area contributed by atoms with E-state index in [2.05, 4.69) is 57.9 Å². The average molecular weight is 484 g/mol. The summed E-state index contributed by atoms with van der Waals surface area (Å²) in [5, 5.41) is 18.5. The highest BCUT2D eigenvalue weighted by atomic mass is 35.5. The summed E-state index contributed by atoms with van der Waals surface area (Å²) in [5.74, 6) is 3.53. The van der Waals surface area contributed by atoms with Gasteiger partial charge in [0, 0.05) is 17.1 Å². The van der Waals surface area contributed by atoms with Gasteiger partial charge in [-0.25, -0.2) is 0 Å². The van der Waals surface area contributed by atoms with Gasteiger partial charge in [0.1, 0.15) is 12.4 Å². The molecule has 0 aliphatic rings. The molecule has 0 spiro atoms. The molecule has 172 valence electrons. The number of hydrogen-bond acceptors (Lipinski definition) is 7. The van der Waals surface area contributed by atoms with Crippen molar-refractivity contribution in [2.45, 2.75) is 51.3 Å². The highest BCUT2D eigenvalue weighted by Gasteiger charge is 2.16. The zero-order valence-corrected chi connectivity index (χ0v) is 20.4. The molecule has 0 fully saturated rings. The normalized spacial score (nSPS) is 11.3. The minimum atomic E-state index is 0.354. The summed E-state index contributed by atoms with van der Waals surface area (Å²) in [6, 6.07) is 15.5. The third-order valence-corrected chi connectivity index (χ3v) is 6.13. The fraction of sp³-hybridized carbons (Fsp3) is 0.333. The second-order valence-electron chi connectivity index (χ2n) is 7.99. The first-order valence-corrected chi connectivity index (χ1v) is 12.2. The largest absolute Gasteiger partial charge is 0.486 e. The van der Waals surface area contributed by atoms with Gasteiger partial charge in [-0.05, 0) is 54.3 Å². The van der Waals surface area contributed by atoms with E-state index in [0.29, 0.717) is 35.1 Å². The second kappa shape index (κ2) is 10.9. The van der Waals surface area contributed by atoms with Crippen LogP contribution in [-0.4, -0.2) is 25.0 Å². The van der Waals surface area contributed by atoms with Crippen LogP contribution in [0.5, 0.6) is 5.75 Å². The van der Waals surface area contributed by atoms with Crippen molar-refractivity contribution < 1.29 is 9.15 Å². The van der Waals surface area contributed by atoms with Crippen LogP contribution in [0.4, 0.5) is 0 Å². The first kappa shape index (κ1) is 23.3. The number of benzene rings is 2. The van der Waals surface area contributed by atoms with E-state index in [1.54, 1.807) is 12.1 Å². The molecule has 9 heteroatoms. The van der Waals surface area contributed by atoms with Crippen LogP contribution in [0.25, 0.3) is 11.5 Å². The van der Waals surface area contributed by atoms with Crippen molar-refractivity contribution in [2.75, 3.05) is 0 Å². The molecule has 4 rings (SSSR count). The summed E-state index contributed by atoms with van der Waals surface area (Å²) in [7, 11) is 0. The Morgan fingerprint density at radius 3 is 2.45 bits per heavy atom. The Balaban J connectivity index is 1.42. The second-order valence-corrected chi connectivity index (χ2v) is 9.36. The predicted octanol–water partition coefficient (Wildman–Crippen LogP) is 6.07. The highest BCUT2D eigenvalue weighted by Crippen LogP contribution is 2.26. The lowest BCUT2D eigenvalue weighted by Gasteiger charge is -2.13. The van der Waals surface area contributed by atoms with Crippen LogP contribution in [0.3, 0.4) is 0 Å². The number of nitrogens with zero attached hydrogens (tertiary/aromatic N) is 5. The zero-order chi connectivity index (χ0) is 23.2. The van der Waals surface area contributed by atoms with Crippen LogP contribution in [0.1, 0.15) is 38.0 Å². The van der Waals surface area contributed by atoms with Crippen molar-refractivity contribution in [3.05, 3.63) is 70.8 Å². The van der Waals surface area contributed by atoms with Crippen molar-refractivity contribution in [1.82, 2.24) is 25.0 Å². The number of rotatable bonds is 10. The fourth-order valence-corrected chi connectivity index (χ4v) is 4.13. The highest BCUT2D eigenvalue weighted by molar-refractivity contribution is 7.98. The molecular weight excluding hydrogens is 458 g/mol. The molecular formula is C24H26ClN5O2S. The molecule has 0 aliphatic heterocycles. The van der Waals surface area contributed by atoms with Gasteiger partial charge in [-0.1, -0.05) is 56.3 Å². The van der Waals surface area contributed by atoms with Crippen molar-refractivity contribution >= 4 is 23.4 Å². The standard InChI is InChI=1S/C24H26ClN5O2S/c1-4-17-5-11-20(12-6-17)31-14-21-26-29-24(30(21)13-16(2)3)33-15-22-27-28-23(32-22)18-7-9-19(25)10-8-18/h5-12,16H,4,13-15H2,1-3H3. The molecule has 0 radical (unpaired) electrons. The number of halogens is 1. The lowest BCUT2D eigenvalue weighted by Crippen LogP contribution is -2.12. The molecule has 0 atom stereocenters. The van der Waals surface area contributed by atoms with Crippen molar-refractivity contribution in [1.29, 1.82) is 0 Å². The zero-order valence-electron chi connectivity index (χ0n) is 18.9. The van der Waals surface area contributed by atoms with E-state index in [0.717, 1.165) is 35.3 Å². The van der Waals surface area contributed by atoms with E-state index in [1.807, 2.05) is 24.3 Å². The monoisotopic (exact) mass is 483 g/mol. The van der Waals surface area contributed by atoms with Gasteiger partial charge in [0.15, 0.2) is 11.0 Å². The van der Waals surface area contributed by atoms with E-state index in [4.69, 9.17) is 20.8 Å². The minimum absolute atomic E-state index is 0.354. The van der Waals surface area contributed by atoms with Gasteiger partial charge in [-0.15, -0.1) is 20.4 Å². The number of hydrogen-bond donors (Lipinski definition) is 0. The van der Waals surface area contributed by atoms with Gasteiger partial charge in [-0.3, -0.25) is 0 Å². The number of aromatic nitrogens is 5. The molecule has 7 nitrogen and oxygen atoms in total. The summed E-state index contributed by atoms with van der Waals surface area (Å²) in [6.45, 7) is 7.61. The Hall–Kier alpha value is -2.84. The minimum Gasteiger partial charge on any atom is -0.486 e. The third kappa shape index (κ3) is 6.15. The van der Waals surface area contributed by atoms with Crippen molar-refractivity contribution in [3.8, 4) is 17.2 Å². The van der Waals surface area contributed by atoms with Gasteiger partial charge in [0.25, 0.3) is 0 Å². The van der Waals surface area contributed by atoms with Crippen molar-refractivity contribution in [2.24, 2.45) is 5.92 Å². The Morgan fingerprint density at radius 1 is 1.00 bits per heavy atom. The van der Waals surface area contributed by atoms with Crippen LogP contribution < -0.4 is 4.74 Å². The lowest BCUT2D eigenvalue weighted by molar-refractivity contribution is 0.284. The SMILES string of the molecule is CCc1ccc(OCc2nnc(SCc3nnc(-c4ccc(Cl)cc4)o3)n2CC(C)C)cc1. The molecule has 2 heterocycles. The Kier molecular flexibility index (Phi) is 7.67. The van der Waals surface area contributed by atoms with E-state index in [-0.39, 0.29) is 0 Å². The molecule has 0 aliphatic carbocycles. The first-order valence-electron chi connectivity index (χ1n) is 10.9. The van der Waals surface area contributed by atoms with Crippen LogP contribution in [0, 0.1) is 5.92 Å². The van der Waals surface area contributed by atoms with E-state index in [1.165, 1.54) is 17.3 Å². The van der Waals surface area contributed by atoms with Gasteiger partial charge < -0.3 is 13.7 Å². The summed E-state index contributed by atoms with van der Waals surface area (Å²) >= 11 is 7.47. The molecule has 2 aromatic heterocycles. The predicted molar refractivity (Wildman–Crippen MR) is 129 cm³/mol. The molecule has 0 amide bonds. The van der Waals surface area contributed by atoms with Crippen LogP contribution in [-0.2, 0) is 25.3 Å². The van der Waals surface area contributed by atoms with Gasteiger partial charge >= 0.3 is 0 Å². The molecule has 4 aromatic rings. The smallest absolute Gasteiger partial charge is 0.247 e. The number of ether oxygens (including phenoxy) is 1. The summed E-state index contributed by atoms with van der Waals surface area (Å²) in [4.78, 5) is 0. The molecule has 2 aromatic carbocycles. The maximum atomic E-state index is 5.97. The van der Waals surface area contributed by atoms with Crippen LogP contribution in [0.2, 0.25) is 5.02 Å². The molecule has 0 N–H and O–H groups in total. The molecule has 33 heavy (non-hydrogen) atoms. The molecule has 0 bridgehead atoms. The number of thioether (sulfide) groups is 1. The Labute approximate surface area is 202 Å². The van der Waals surface area contributed by atoms with Crippen LogP contribution in [0.15, 0.2) is 58.1 Å². The fourth-order valence-electron chi connectivity index (χ4n) is 3.20. The van der Waals surface area contributed by atoms with Crippen molar-refractivity contribution in [3.63, 3.8) is 0 Å². The van der Waals surface area contributed by atoms with Gasteiger partial charge in [0.2, 0.25) is 11.8 Å². The van der Waals surface area contributed by atoms with Gasteiger partial charge in [0.05, 0.1) is 5.75 Å². The summed E-state index contributed by atoms with van der Waals surface area (Å²) in [5.41, 5.74) is 2.11. The third-order valence-electron chi connectivity index (χ3n) is 4.92. The molecule has 0 saturated heterocycles. The average Bonchev–Trinajstić information content (AvgIpc) is 3.44.